The van der Waals surface area contributed by atoms with Crippen LogP contribution in [0, 0.1) is 11.3 Å². The third kappa shape index (κ3) is 3.51. The van der Waals surface area contributed by atoms with E-state index in [1.165, 1.54) is 22.4 Å². The number of rotatable bonds is 5. The molecule has 1 aliphatic rings. The molecule has 0 saturated heterocycles. The highest BCUT2D eigenvalue weighted by Crippen LogP contribution is 2.45. The lowest BCUT2D eigenvalue weighted by atomic mass is 9.69. The molecule has 0 aromatic carbocycles. The number of carbonyl (C=O) groups is 2. The Morgan fingerprint density at radius 3 is 2.81 bits per heavy atom. The molecule has 2 amide bonds. The van der Waals surface area contributed by atoms with E-state index in [9.17, 15) is 9.59 Å². The predicted octanol–water partition coefficient (Wildman–Crippen LogP) is 4.04. The molecule has 0 bridgehead atoms. The number of fused-ring (bicyclic) bond motifs is 1. The van der Waals surface area contributed by atoms with Gasteiger partial charge in [0.2, 0.25) is 0 Å². The van der Waals surface area contributed by atoms with Gasteiger partial charge in [-0.3, -0.25) is 14.6 Å². The van der Waals surface area contributed by atoms with Gasteiger partial charge in [0.1, 0.15) is 5.00 Å². The Balaban J connectivity index is 1.91. The number of carbonyl (C=O) groups excluding carboxylic acids is 2. The minimum Gasteiger partial charge on any atom is -0.365 e. The number of nitrogens with two attached hydrogens (primary N) is 1. The van der Waals surface area contributed by atoms with Crippen LogP contribution in [0.25, 0.3) is 0 Å². The summed E-state index contributed by atoms with van der Waals surface area (Å²) in [5.41, 5.74) is 7.87. The first-order valence-corrected chi connectivity index (χ1v) is 9.81. The average molecular weight is 372 g/mol. The molecule has 0 aliphatic heterocycles. The fourth-order valence-corrected chi connectivity index (χ4v) is 4.89. The van der Waals surface area contributed by atoms with Crippen LogP contribution < -0.4 is 11.1 Å². The van der Waals surface area contributed by atoms with E-state index < -0.39 is 5.91 Å². The zero-order valence-electron chi connectivity index (χ0n) is 15.5. The van der Waals surface area contributed by atoms with E-state index in [4.69, 9.17) is 5.73 Å². The highest BCUT2D eigenvalue weighted by molar-refractivity contribution is 7.17. The van der Waals surface area contributed by atoms with E-state index in [0.717, 1.165) is 31.2 Å². The number of hydrogen-bond acceptors (Lipinski definition) is 4. The van der Waals surface area contributed by atoms with Gasteiger partial charge < -0.3 is 11.1 Å². The normalized spacial score (nSPS) is 16.8. The summed E-state index contributed by atoms with van der Waals surface area (Å²) in [6.07, 6.45) is 7.05. The Morgan fingerprint density at radius 2 is 2.19 bits per heavy atom. The van der Waals surface area contributed by atoms with Gasteiger partial charge in [0.25, 0.3) is 11.8 Å². The molecular formula is C20H25N3O2S. The third-order valence-corrected chi connectivity index (χ3v) is 6.85. The lowest BCUT2D eigenvalue weighted by molar-refractivity contribution is 0.0999. The largest absolute Gasteiger partial charge is 0.365 e. The van der Waals surface area contributed by atoms with Crippen LogP contribution in [-0.2, 0) is 12.8 Å². The quantitative estimate of drug-likeness (QED) is 0.832. The molecule has 0 saturated carbocycles. The molecule has 3 rings (SSSR count). The second-order valence-corrected chi connectivity index (χ2v) is 8.66. The number of pyridine rings is 1. The molecular weight excluding hydrogens is 346 g/mol. The molecule has 1 unspecified atom stereocenters. The number of aromatic nitrogens is 1. The molecule has 6 heteroatoms. The summed E-state index contributed by atoms with van der Waals surface area (Å²) < 4.78 is 0. The third-order valence-electron chi connectivity index (χ3n) is 5.68. The van der Waals surface area contributed by atoms with Crippen molar-refractivity contribution in [3.05, 3.63) is 46.1 Å². The van der Waals surface area contributed by atoms with Crippen molar-refractivity contribution in [1.82, 2.24) is 4.98 Å². The fourth-order valence-electron chi connectivity index (χ4n) is 3.56. The molecule has 3 N–H and O–H groups in total. The van der Waals surface area contributed by atoms with Crippen molar-refractivity contribution in [2.24, 2.45) is 17.1 Å². The van der Waals surface area contributed by atoms with Gasteiger partial charge in [-0.15, -0.1) is 11.3 Å². The van der Waals surface area contributed by atoms with Crippen molar-refractivity contribution >= 4 is 28.2 Å². The van der Waals surface area contributed by atoms with Gasteiger partial charge in [0.15, 0.2) is 0 Å². The lowest BCUT2D eigenvalue weighted by Crippen LogP contribution is -2.29. The maximum absolute atomic E-state index is 12.5. The monoisotopic (exact) mass is 371 g/mol. The summed E-state index contributed by atoms with van der Waals surface area (Å²) in [6, 6.07) is 3.40. The summed E-state index contributed by atoms with van der Waals surface area (Å²) >= 11 is 1.49. The molecule has 1 atom stereocenters. The minimum atomic E-state index is -0.475. The van der Waals surface area contributed by atoms with E-state index in [1.807, 2.05) is 0 Å². The molecule has 0 fully saturated rings. The van der Waals surface area contributed by atoms with Crippen LogP contribution in [0.5, 0.6) is 0 Å². The highest BCUT2D eigenvalue weighted by Gasteiger charge is 2.35. The molecule has 26 heavy (non-hydrogen) atoms. The van der Waals surface area contributed by atoms with E-state index in [2.05, 4.69) is 31.1 Å². The van der Waals surface area contributed by atoms with Gasteiger partial charge in [-0.1, -0.05) is 27.2 Å². The molecule has 2 aromatic rings. The molecule has 2 aromatic heterocycles. The smallest absolute Gasteiger partial charge is 0.257 e. The number of nitrogens with one attached hydrogen (secondary N) is 1. The number of hydrogen-bond donors (Lipinski definition) is 2. The van der Waals surface area contributed by atoms with Crippen molar-refractivity contribution in [3.63, 3.8) is 0 Å². The van der Waals surface area contributed by atoms with E-state index in [-0.39, 0.29) is 11.3 Å². The van der Waals surface area contributed by atoms with Gasteiger partial charge in [0.05, 0.1) is 11.1 Å². The van der Waals surface area contributed by atoms with Gasteiger partial charge in [-0.2, -0.15) is 0 Å². The lowest BCUT2D eigenvalue weighted by Gasteiger charge is -2.36. The van der Waals surface area contributed by atoms with Crippen LogP contribution in [0.2, 0.25) is 0 Å². The van der Waals surface area contributed by atoms with Gasteiger partial charge in [0, 0.05) is 17.3 Å². The van der Waals surface area contributed by atoms with E-state index in [1.54, 1.807) is 18.3 Å². The molecule has 0 spiro atoms. The van der Waals surface area contributed by atoms with E-state index in [0.29, 0.717) is 22.0 Å². The van der Waals surface area contributed by atoms with Crippen LogP contribution >= 0.6 is 11.3 Å². The van der Waals surface area contributed by atoms with Crippen LogP contribution in [0.15, 0.2) is 24.5 Å². The summed E-state index contributed by atoms with van der Waals surface area (Å²) in [5.74, 6) is -0.178. The first kappa shape index (κ1) is 18.6. The van der Waals surface area contributed by atoms with Gasteiger partial charge in [-0.25, -0.2) is 0 Å². The van der Waals surface area contributed by atoms with Crippen LogP contribution in [-0.4, -0.2) is 16.8 Å². The van der Waals surface area contributed by atoms with Crippen molar-refractivity contribution in [2.45, 2.75) is 46.5 Å². The molecule has 1 aliphatic carbocycles. The Labute approximate surface area is 158 Å². The van der Waals surface area contributed by atoms with Gasteiger partial charge >= 0.3 is 0 Å². The van der Waals surface area contributed by atoms with Gasteiger partial charge in [-0.05, 0) is 48.3 Å². The van der Waals surface area contributed by atoms with Crippen molar-refractivity contribution in [1.29, 1.82) is 0 Å². The zero-order valence-corrected chi connectivity index (χ0v) is 16.3. The Morgan fingerprint density at radius 1 is 1.42 bits per heavy atom. The van der Waals surface area contributed by atoms with Crippen LogP contribution in [0.1, 0.15) is 64.8 Å². The average Bonchev–Trinajstić information content (AvgIpc) is 2.99. The first-order valence-electron chi connectivity index (χ1n) is 8.99. The number of anilines is 1. The molecule has 2 heterocycles. The van der Waals surface area contributed by atoms with Crippen molar-refractivity contribution in [2.75, 3.05) is 5.32 Å². The standard InChI is InChI=1S/C20H25N3O2S/c1-4-20(2,3)13-7-8-14-15(10-13)26-19(16(14)17(21)24)23-18(25)12-6-5-9-22-11-12/h5-6,9,11,13H,4,7-8,10H2,1-3H3,(H2,21,24)(H,23,25). The predicted molar refractivity (Wildman–Crippen MR) is 105 cm³/mol. The SMILES string of the molecule is CCC(C)(C)C1CCc2c(sc(NC(=O)c3cccnc3)c2C(N)=O)C1. The highest BCUT2D eigenvalue weighted by atomic mass is 32.1. The van der Waals surface area contributed by atoms with E-state index >= 15 is 0 Å². The zero-order chi connectivity index (χ0) is 18.9. The summed E-state index contributed by atoms with van der Waals surface area (Å²) in [6.45, 7) is 6.82. The number of nitrogens with zero attached hydrogens (tertiary/aromatic N) is 1. The molecule has 0 radical (unpaired) electrons. The summed E-state index contributed by atoms with van der Waals surface area (Å²) in [4.78, 5) is 29.7. The first-order chi connectivity index (χ1) is 12.3. The number of thiophene rings is 1. The second kappa shape index (κ2) is 7.19. The van der Waals surface area contributed by atoms with Crippen LogP contribution in [0.3, 0.4) is 0 Å². The number of primary amides is 1. The number of amides is 2. The maximum Gasteiger partial charge on any atom is 0.257 e. The summed E-state index contributed by atoms with van der Waals surface area (Å²) in [7, 11) is 0. The second-order valence-electron chi connectivity index (χ2n) is 7.55. The Hall–Kier alpha value is -2.21. The van der Waals surface area contributed by atoms with Crippen molar-refractivity contribution in [3.8, 4) is 0 Å². The topological polar surface area (TPSA) is 85.1 Å². The fraction of sp³-hybridized carbons (Fsp3) is 0.450. The van der Waals surface area contributed by atoms with Crippen LogP contribution in [0.4, 0.5) is 5.00 Å². The Bertz CT molecular complexity index is 827. The minimum absolute atomic E-state index is 0.258. The van der Waals surface area contributed by atoms with Crippen molar-refractivity contribution < 1.29 is 9.59 Å². The maximum atomic E-state index is 12.5. The Kier molecular flexibility index (Phi) is 5.14. The molecule has 138 valence electrons. The molecule has 5 nitrogen and oxygen atoms in total. The summed E-state index contributed by atoms with van der Waals surface area (Å²) in [5, 5.41) is 3.43.